The molecule has 0 bridgehead atoms. The topological polar surface area (TPSA) is 634 Å². The highest BCUT2D eigenvalue weighted by atomic mass is 16.4. The number of carbonyl (C=O) groups is 17. The minimum absolute atomic E-state index is 0.126. The molecule has 0 heterocycles. The lowest BCUT2D eigenvalue weighted by molar-refractivity contribution is -0.144. The first-order chi connectivity index (χ1) is 48.4. The quantitative estimate of drug-likeness (QED) is 0.0288. The lowest BCUT2D eigenvalue weighted by Crippen LogP contribution is -2.63. The van der Waals surface area contributed by atoms with Gasteiger partial charge < -0.3 is 116 Å². The first kappa shape index (κ1) is 92.0. The summed E-state index contributed by atoms with van der Waals surface area (Å²) in [6, 6.07) is -12.8. The standard InChI is InChI=1S/C65H104N14O25/c1-29(2)23-41(72-54(92)37(66)25-36-15-13-12-14-16-36)55(93)67-26-45(84)69-38(17-20-46(85)86)56(94)73-42(24-30(3)4)59(97)79-52(35(11)83)64(102)75-44(28-81)61(99)74-43(27-80)60(98)70-39(18-21-47(87)88)57(95)76-49(31(5)6)62(100)68-33(9)53(91)78-51(34(10)82)63(101)71-40(19-22-48(89)90)58(96)77-50(32(7)8)65(103)104/h12-16,29-35,37-44,49-52,80-83H,17-28,66H2,1-11H3,(H,67,93)(H,68,100)(H,69,84)(H,70,98)(H,71,101)(H,72,92)(H,73,94)(H,74,99)(H,75,102)(H,76,95)(H,77,96)(H,78,91)(H,79,97)(H,85,86)(H,87,88)(H,89,90)(H,103,104)/t33-,34+,35+,37+,38+,39+,40-,41-,42+,43+,44+,49+,50-,51-,52+/m1/s1. The number of carbonyl (C=O) groups excluding carboxylic acids is 13. The van der Waals surface area contributed by atoms with Crippen LogP contribution in [0.1, 0.15) is 133 Å². The van der Waals surface area contributed by atoms with Crippen LogP contribution in [0.3, 0.4) is 0 Å². The van der Waals surface area contributed by atoms with Crippen molar-refractivity contribution >= 4 is 101 Å². The minimum Gasteiger partial charge on any atom is -0.481 e. The zero-order valence-electron chi connectivity index (χ0n) is 59.9. The summed E-state index contributed by atoms with van der Waals surface area (Å²) in [7, 11) is 0. The van der Waals surface area contributed by atoms with E-state index in [-0.39, 0.29) is 25.2 Å². The van der Waals surface area contributed by atoms with E-state index in [0.29, 0.717) is 0 Å². The van der Waals surface area contributed by atoms with Gasteiger partial charge in [0, 0.05) is 19.3 Å². The van der Waals surface area contributed by atoms with Crippen molar-refractivity contribution in [2.24, 2.45) is 29.4 Å². The SMILES string of the molecule is CC(C)C[C@H](NC(=O)[C@H](CCC(=O)O)NC(=O)CNC(=O)[C@@H](CC(C)C)NC(=O)[C@@H](N)Cc1ccccc1)C(=O)N[C@H](C(=O)N[C@@H](CO)C(=O)N[C@@H](CO)C(=O)N[C@@H](CCC(=O)O)C(=O)N[C@H](C(=O)N[C@H](C)C(=O)N[C@@H](C(=O)N[C@H](CCC(=O)O)C(=O)N[C@@H](C(=O)O)C(C)C)[C@H](C)O)C(C)C)[C@H](C)O. The van der Waals surface area contributed by atoms with Crippen molar-refractivity contribution in [2.45, 2.75) is 225 Å². The number of nitrogens with two attached hydrogens (primary N) is 1. The Kier molecular flexibility index (Phi) is 40.6. The Balaban J connectivity index is 3.29. The van der Waals surface area contributed by atoms with Crippen LogP contribution in [-0.4, -0.2) is 252 Å². The molecule has 584 valence electrons. The fourth-order valence-electron chi connectivity index (χ4n) is 9.79. The van der Waals surface area contributed by atoms with Crippen molar-refractivity contribution < 1.29 is 122 Å². The number of hydrogen-bond donors (Lipinski definition) is 22. The van der Waals surface area contributed by atoms with E-state index in [1.807, 2.05) is 5.32 Å². The first-order valence-corrected chi connectivity index (χ1v) is 33.6. The summed E-state index contributed by atoms with van der Waals surface area (Å²) in [5, 5.41) is 109. The van der Waals surface area contributed by atoms with Crippen molar-refractivity contribution in [3.8, 4) is 0 Å². The second-order valence-electron chi connectivity index (χ2n) is 26.4. The van der Waals surface area contributed by atoms with Crippen LogP contribution in [0.15, 0.2) is 30.3 Å². The Morgan fingerprint density at radius 3 is 1.10 bits per heavy atom. The maximum atomic E-state index is 14.0. The van der Waals surface area contributed by atoms with Gasteiger partial charge in [-0.1, -0.05) is 85.7 Å². The number of benzene rings is 1. The number of rotatable bonds is 48. The van der Waals surface area contributed by atoms with E-state index < -0.39 is 267 Å². The molecule has 0 aromatic heterocycles. The highest BCUT2D eigenvalue weighted by Gasteiger charge is 2.39. The Labute approximate surface area is 600 Å². The number of hydrogen-bond acceptors (Lipinski definition) is 22. The molecule has 0 saturated heterocycles. The van der Waals surface area contributed by atoms with Crippen LogP contribution in [0.2, 0.25) is 0 Å². The van der Waals surface area contributed by atoms with Crippen molar-refractivity contribution in [1.82, 2.24) is 69.1 Å². The molecule has 15 atom stereocenters. The monoisotopic (exact) mass is 1480 g/mol. The lowest BCUT2D eigenvalue weighted by atomic mass is 10.0. The van der Waals surface area contributed by atoms with E-state index in [9.17, 15) is 122 Å². The molecule has 39 heteroatoms. The van der Waals surface area contributed by atoms with Gasteiger partial charge in [0.25, 0.3) is 0 Å². The average molecular weight is 1480 g/mol. The van der Waals surface area contributed by atoms with Gasteiger partial charge in [-0.2, -0.15) is 0 Å². The zero-order chi connectivity index (χ0) is 79.6. The molecule has 104 heavy (non-hydrogen) atoms. The van der Waals surface area contributed by atoms with Gasteiger partial charge in [-0.3, -0.25) is 76.7 Å². The Morgan fingerprint density at radius 1 is 0.365 bits per heavy atom. The average Bonchev–Trinajstić information content (AvgIpc) is 0.858. The van der Waals surface area contributed by atoms with E-state index in [0.717, 1.165) is 26.3 Å². The normalized spacial score (nSPS) is 15.6. The number of aliphatic carboxylic acids is 4. The van der Waals surface area contributed by atoms with Crippen LogP contribution >= 0.6 is 0 Å². The van der Waals surface area contributed by atoms with E-state index >= 15 is 0 Å². The van der Waals surface area contributed by atoms with Gasteiger partial charge >= 0.3 is 23.9 Å². The molecule has 0 unspecified atom stereocenters. The molecule has 1 rings (SSSR count). The maximum Gasteiger partial charge on any atom is 0.326 e. The van der Waals surface area contributed by atoms with Gasteiger partial charge in [0.15, 0.2) is 0 Å². The molecule has 1 aromatic rings. The molecule has 0 fully saturated rings. The molecule has 0 spiro atoms. The number of amides is 13. The molecule has 0 aliphatic heterocycles. The van der Waals surface area contributed by atoms with Crippen LogP contribution in [0.4, 0.5) is 0 Å². The van der Waals surface area contributed by atoms with Crippen molar-refractivity contribution in [1.29, 1.82) is 0 Å². The third-order valence-corrected chi connectivity index (χ3v) is 15.6. The van der Waals surface area contributed by atoms with E-state index in [2.05, 4.69) is 63.8 Å². The molecular weight excluding hydrogens is 1380 g/mol. The molecule has 13 amide bonds. The van der Waals surface area contributed by atoms with E-state index in [1.54, 1.807) is 58.0 Å². The summed E-state index contributed by atoms with van der Waals surface area (Å²) in [6.07, 6.45) is -7.45. The van der Waals surface area contributed by atoms with Gasteiger partial charge in [0.2, 0.25) is 76.8 Å². The van der Waals surface area contributed by atoms with Gasteiger partial charge in [-0.15, -0.1) is 0 Å². The molecule has 0 saturated carbocycles. The second kappa shape index (κ2) is 45.9. The Hall–Kier alpha value is -9.99. The summed E-state index contributed by atoms with van der Waals surface area (Å²) in [5.41, 5.74) is 6.89. The smallest absolute Gasteiger partial charge is 0.326 e. The largest absolute Gasteiger partial charge is 0.481 e. The predicted molar refractivity (Wildman–Crippen MR) is 364 cm³/mol. The third-order valence-electron chi connectivity index (χ3n) is 15.6. The van der Waals surface area contributed by atoms with Crippen LogP contribution < -0.4 is 74.9 Å². The minimum atomic E-state index is -2.06. The lowest BCUT2D eigenvalue weighted by Gasteiger charge is -2.29. The van der Waals surface area contributed by atoms with Crippen molar-refractivity contribution in [2.75, 3.05) is 19.8 Å². The van der Waals surface area contributed by atoms with Gasteiger partial charge in [0.05, 0.1) is 38.0 Å². The molecule has 1 aromatic carbocycles. The maximum absolute atomic E-state index is 14.0. The summed E-state index contributed by atoms with van der Waals surface area (Å²) in [5.74, 6) is -22.4. The number of aliphatic hydroxyl groups excluding tert-OH is 4. The van der Waals surface area contributed by atoms with Crippen LogP contribution in [-0.2, 0) is 87.9 Å². The second-order valence-corrected chi connectivity index (χ2v) is 26.4. The molecule has 39 nitrogen and oxygen atoms in total. The Morgan fingerprint density at radius 2 is 0.692 bits per heavy atom. The van der Waals surface area contributed by atoms with Gasteiger partial charge in [-0.05, 0) is 88.5 Å². The number of carboxylic acids is 4. The van der Waals surface area contributed by atoms with Gasteiger partial charge in [-0.25, -0.2) is 4.79 Å². The van der Waals surface area contributed by atoms with Crippen LogP contribution in [0.25, 0.3) is 0 Å². The fraction of sp³-hybridized carbons (Fsp3) is 0.646. The number of nitrogens with one attached hydrogen (secondary N) is 13. The summed E-state index contributed by atoms with van der Waals surface area (Å²) < 4.78 is 0. The molecular formula is C65H104N14O25. The van der Waals surface area contributed by atoms with E-state index in [4.69, 9.17) is 5.73 Å². The fourth-order valence-corrected chi connectivity index (χ4v) is 9.79. The van der Waals surface area contributed by atoms with Crippen molar-refractivity contribution in [3.05, 3.63) is 35.9 Å². The number of carboxylic acid groups (broad SMARTS) is 4. The van der Waals surface area contributed by atoms with Crippen LogP contribution in [0, 0.1) is 23.7 Å². The van der Waals surface area contributed by atoms with E-state index in [1.165, 1.54) is 27.7 Å². The summed E-state index contributed by atoms with van der Waals surface area (Å²) in [4.78, 5) is 223. The van der Waals surface area contributed by atoms with Crippen molar-refractivity contribution in [3.63, 3.8) is 0 Å². The molecule has 0 radical (unpaired) electrons. The zero-order valence-corrected chi connectivity index (χ0v) is 59.9. The highest BCUT2D eigenvalue weighted by molar-refractivity contribution is 6.00. The first-order valence-electron chi connectivity index (χ1n) is 33.6. The highest BCUT2D eigenvalue weighted by Crippen LogP contribution is 2.13. The predicted octanol–water partition coefficient (Wildman–Crippen LogP) is -6.66. The molecule has 0 aliphatic carbocycles. The molecule has 0 aliphatic rings. The summed E-state index contributed by atoms with van der Waals surface area (Å²) >= 11 is 0. The van der Waals surface area contributed by atoms with Crippen LogP contribution in [0.5, 0.6) is 0 Å². The summed E-state index contributed by atoms with van der Waals surface area (Å²) in [6.45, 7) is 12.5. The third kappa shape index (κ3) is 33.9. The molecule has 23 N–H and O–H groups in total. The number of aliphatic hydroxyl groups is 4. The Bertz CT molecular complexity index is 3130. The van der Waals surface area contributed by atoms with Gasteiger partial charge in [0.1, 0.15) is 72.5 Å².